The molecule has 2 aromatic carbocycles. The molecule has 0 amide bonds. The standard InChI is InChI=1S/C27H40N4O2S/c1-26(2,3)22-14-20(15-23(24(22)32)27(4,5)6)33-18-34(8,9)21-12-10-19(11-13-21)16-31(7)25(29)30-17-28/h10-15,32H,16,18H2,1-9H3,(H2,29,30). The summed E-state index contributed by atoms with van der Waals surface area (Å²) in [6.45, 7) is 13.2. The van der Waals surface area contributed by atoms with Crippen molar-refractivity contribution in [2.24, 2.45) is 10.7 Å². The van der Waals surface area contributed by atoms with Gasteiger partial charge in [-0.3, -0.25) is 0 Å². The highest BCUT2D eigenvalue weighted by Gasteiger charge is 2.27. The molecular weight excluding hydrogens is 444 g/mol. The van der Waals surface area contributed by atoms with Crippen LogP contribution in [0.3, 0.4) is 0 Å². The lowest BCUT2D eigenvalue weighted by atomic mass is 9.79. The second kappa shape index (κ2) is 10.2. The van der Waals surface area contributed by atoms with E-state index in [1.807, 2.05) is 19.2 Å². The molecule has 2 aromatic rings. The van der Waals surface area contributed by atoms with Gasteiger partial charge in [-0.1, -0.05) is 53.7 Å². The molecule has 0 radical (unpaired) electrons. The van der Waals surface area contributed by atoms with Gasteiger partial charge in [-0.05, 0) is 58.1 Å². The van der Waals surface area contributed by atoms with Crippen molar-refractivity contribution in [2.45, 2.75) is 63.8 Å². The zero-order valence-corrected chi connectivity index (χ0v) is 22.9. The van der Waals surface area contributed by atoms with Crippen LogP contribution in [0.15, 0.2) is 46.3 Å². The Morgan fingerprint density at radius 1 is 1.06 bits per heavy atom. The number of aromatic hydroxyl groups is 1. The molecule has 3 N–H and O–H groups in total. The first-order valence-corrected chi connectivity index (χ1v) is 13.9. The lowest BCUT2D eigenvalue weighted by Gasteiger charge is -2.33. The van der Waals surface area contributed by atoms with Crippen LogP contribution in [0, 0.1) is 11.5 Å². The Morgan fingerprint density at radius 2 is 1.56 bits per heavy atom. The van der Waals surface area contributed by atoms with Gasteiger partial charge in [0, 0.05) is 24.7 Å². The van der Waals surface area contributed by atoms with Crippen molar-refractivity contribution >= 4 is 16.0 Å². The summed E-state index contributed by atoms with van der Waals surface area (Å²) in [5.74, 6) is 1.93. The third-order valence-electron chi connectivity index (χ3n) is 5.76. The summed E-state index contributed by atoms with van der Waals surface area (Å²) >= 11 is 0. The minimum absolute atomic E-state index is 0.198. The zero-order chi connectivity index (χ0) is 25.9. The molecule has 6 nitrogen and oxygen atoms in total. The first-order chi connectivity index (χ1) is 15.6. The normalized spacial score (nSPS) is 13.4. The van der Waals surface area contributed by atoms with Gasteiger partial charge in [0.05, 0.1) is 0 Å². The van der Waals surface area contributed by atoms with Crippen LogP contribution in [-0.2, 0) is 17.4 Å². The number of rotatable bonds is 6. The van der Waals surface area contributed by atoms with Crippen LogP contribution in [0.2, 0.25) is 0 Å². The first-order valence-electron chi connectivity index (χ1n) is 11.3. The van der Waals surface area contributed by atoms with Gasteiger partial charge in [0.1, 0.15) is 17.4 Å². The summed E-state index contributed by atoms with van der Waals surface area (Å²) in [5.41, 5.74) is 8.26. The Hall–Kier alpha value is -2.85. The van der Waals surface area contributed by atoms with E-state index in [0.717, 1.165) is 22.4 Å². The summed E-state index contributed by atoms with van der Waals surface area (Å²) in [7, 11) is 0.583. The van der Waals surface area contributed by atoms with Gasteiger partial charge in [-0.25, -0.2) is 0 Å². The van der Waals surface area contributed by atoms with Gasteiger partial charge in [-0.2, -0.15) is 15.3 Å². The number of hydrogen-bond donors (Lipinski definition) is 2. The summed E-state index contributed by atoms with van der Waals surface area (Å²) < 4.78 is 6.36. The Morgan fingerprint density at radius 3 is 2.00 bits per heavy atom. The number of benzene rings is 2. The van der Waals surface area contributed by atoms with E-state index in [2.05, 4.69) is 83.3 Å². The van der Waals surface area contributed by atoms with Crippen LogP contribution in [0.1, 0.15) is 58.2 Å². The molecule has 0 aliphatic heterocycles. The molecule has 0 unspecified atom stereocenters. The average Bonchev–Trinajstić information content (AvgIpc) is 2.72. The van der Waals surface area contributed by atoms with Gasteiger partial charge in [-0.15, -0.1) is 4.99 Å². The van der Waals surface area contributed by atoms with Crippen LogP contribution in [0.5, 0.6) is 11.5 Å². The quantitative estimate of drug-likeness (QED) is 0.313. The average molecular weight is 485 g/mol. The van der Waals surface area contributed by atoms with E-state index in [1.54, 1.807) is 11.1 Å². The van der Waals surface area contributed by atoms with Crippen LogP contribution in [0.25, 0.3) is 0 Å². The maximum atomic E-state index is 11.0. The number of hydrogen-bond acceptors (Lipinski definition) is 4. The minimum Gasteiger partial charge on any atom is -0.507 e. The Kier molecular flexibility index (Phi) is 8.21. The molecule has 7 heteroatoms. The highest BCUT2D eigenvalue weighted by Crippen LogP contribution is 2.49. The molecule has 0 atom stereocenters. The molecule has 0 saturated carbocycles. The molecule has 0 aliphatic carbocycles. The fraction of sp³-hybridized carbons (Fsp3) is 0.481. The van der Waals surface area contributed by atoms with Gasteiger partial charge >= 0.3 is 0 Å². The summed E-state index contributed by atoms with van der Waals surface area (Å²) in [5, 5.41) is 19.6. The van der Waals surface area contributed by atoms with Gasteiger partial charge in [0.25, 0.3) is 0 Å². The molecule has 34 heavy (non-hydrogen) atoms. The fourth-order valence-corrected chi connectivity index (χ4v) is 5.01. The molecule has 0 fully saturated rings. The second-order valence-electron chi connectivity index (χ2n) is 11.2. The highest BCUT2D eigenvalue weighted by atomic mass is 32.3. The topological polar surface area (TPSA) is 94.9 Å². The molecule has 0 spiro atoms. The van der Waals surface area contributed by atoms with E-state index in [1.165, 1.54) is 4.90 Å². The maximum Gasteiger partial charge on any atom is 0.209 e. The number of phenolic OH excluding ortho intramolecular Hbond substituents is 1. The Balaban J connectivity index is 2.23. The van der Waals surface area contributed by atoms with Crippen LogP contribution in [-0.4, -0.2) is 41.5 Å². The zero-order valence-electron chi connectivity index (χ0n) is 22.1. The third-order valence-corrected chi connectivity index (χ3v) is 8.01. The van der Waals surface area contributed by atoms with Crippen molar-refractivity contribution < 1.29 is 9.84 Å². The summed E-state index contributed by atoms with van der Waals surface area (Å²) in [6, 6.07) is 12.4. The predicted octanol–water partition coefficient (Wildman–Crippen LogP) is 5.67. The monoisotopic (exact) mass is 484 g/mol. The van der Waals surface area contributed by atoms with Crippen molar-refractivity contribution in [1.82, 2.24) is 4.90 Å². The molecule has 0 heterocycles. The van der Waals surface area contributed by atoms with Crippen molar-refractivity contribution in [3.63, 3.8) is 0 Å². The van der Waals surface area contributed by atoms with Gasteiger partial charge in [0.15, 0.2) is 0 Å². The van der Waals surface area contributed by atoms with E-state index in [-0.39, 0.29) is 16.8 Å². The Bertz CT molecular complexity index is 1040. The maximum absolute atomic E-state index is 11.0. The number of ether oxygens (including phenoxy) is 1. The molecular formula is C27H40N4O2S. The van der Waals surface area contributed by atoms with Crippen LogP contribution in [0.4, 0.5) is 0 Å². The van der Waals surface area contributed by atoms with Crippen molar-refractivity contribution in [3.05, 3.63) is 53.1 Å². The molecule has 0 aromatic heterocycles. The summed E-state index contributed by atoms with van der Waals surface area (Å²) in [6.07, 6.45) is 6.19. The molecule has 0 saturated heterocycles. The minimum atomic E-state index is -1.23. The number of aliphatic imine (C=N–C) groups is 1. The Labute approximate surface area is 206 Å². The lowest BCUT2D eigenvalue weighted by Crippen LogP contribution is -2.33. The number of nitrogens with two attached hydrogens (primary N) is 1. The molecule has 0 aliphatic rings. The van der Waals surface area contributed by atoms with Crippen molar-refractivity contribution in [3.8, 4) is 17.7 Å². The fourth-order valence-electron chi connectivity index (χ4n) is 3.57. The van der Waals surface area contributed by atoms with Crippen molar-refractivity contribution in [2.75, 3.05) is 25.5 Å². The van der Waals surface area contributed by atoms with E-state index in [0.29, 0.717) is 18.2 Å². The van der Waals surface area contributed by atoms with Crippen LogP contribution < -0.4 is 10.5 Å². The highest BCUT2D eigenvalue weighted by molar-refractivity contribution is 8.32. The van der Waals surface area contributed by atoms with E-state index in [9.17, 15) is 5.11 Å². The summed E-state index contributed by atoms with van der Waals surface area (Å²) in [4.78, 5) is 6.56. The first kappa shape index (κ1) is 27.4. The molecule has 0 bridgehead atoms. The van der Waals surface area contributed by atoms with Crippen molar-refractivity contribution in [1.29, 1.82) is 5.26 Å². The van der Waals surface area contributed by atoms with Gasteiger partial charge < -0.3 is 20.5 Å². The van der Waals surface area contributed by atoms with Crippen LogP contribution >= 0.6 is 10.0 Å². The third kappa shape index (κ3) is 6.83. The number of guanidine groups is 1. The number of phenols is 1. The predicted molar refractivity (Wildman–Crippen MR) is 144 cm³/mol. The lowest BCUT2D eigenvalue weighted by molar-refractivity contribution is 0.378. The molecule has 186 valence electrons. The largest absolute Gasteiger partial charge is 0.507 e. The van der Waals surface area contributed by atoms with E-state index >= 15 is 0 Å². The number of nitrogens with zero attached hydrogens (tertiary/aromatic N) is 3. The molecule has 2 rings (SSSR count). The smallest absolute Gasteiger partial charge is 0.209 e. The number of nitriles is 1. The SMILES string of the molecule is CN(Cc1ccc(S(C)(C)COc2cc(C(C)(C)C)c(O)c(C(C)(C)C)c2)cc1)C(N)=NC#N. The second-order valence-corrected chi connectivity index (χ2v) is 15.0. The van der Waals surface area contributed by atoms with Gasteiger partial charge in [0.2, 0.25) is 12.2 Å². The van der Waals surface area contributed by atoms with E-state index in [4.69, 9.17) is 15.7 Å². The van der Waals surface area contributed by atoms with E-state index < -0.39 is 10.0 Å².